The van der Waals surface area contributed by atoms with E-state index < -0.39 is 17.4 Å². The maximum Gasteiger partial charge on any atom is 0.441 e. The molecule has 0 radical (unpaired) electrons. The van der Waals surface area contributed by atoms with E-state index in [9.17, 15) is 26.3 Å². The first-order valence-corrected chi connectivity index (χ1v) is 10.1. The normalized spacial score (nSPS) is 12.5. The quantitative estimate of drug-likeness (QED) is 0.226. The van der Waals surface area contributed by atoms with Crippen LogP contribution in [0.2, 0.25) is 0 Å². The number of aryl methyl sites for hydroxylation is 2. The van der Waals surface area contributed by atoms with E-state index in [4.69, 9.17) is 4.74 Å². The lowest BCUT2D eigenvalue weighted by molar-refractivity contribution is -0.105. The van der Waals surface area contributed by atoms with E-state index in [1.54, 1.807) is 19.1 Å². The topological polar surface area (TPSA) is 9.23 Å². The fourth-order valence-corrected chi connectivity index (χ4v) is 3.59. The Morgan fingerprint density at radius 3 is 2.15 bits per heavy atom. The van der Waals surface area contributed by atoms with Crippen molar-refractivity contribution in [2.24, 2.45) is 0 Å². The van der Waals surface area contributed by atoms with Gasteiger partial charge in [0.05, 0.1) is 12.4 Å². The van der Waals surface area contributed by atoms with Gasteiger partial charge in [0, 0.05) is 10.6 Å². The van der Waals surface area contributed by atoms with E-state index in [1.807, 2.05) is 6.92 Å². The Morgan fingerprint density at radius 1 is 0.885 bits per heavy atom. The number of ether oxygens (including phenoxy) is 1. The molecule has 9 heteroatoms. The SMILES string of the molecule is Cc1cc(C)c(SCC(F)(F)F)cc1OCCCCCCSC(F)(F)F. The Balaban J connectivity index is 2.36. The molecule has 1 aromatic rings. The van der Waals surface area contributed by atoms with Gasteiger partial charge in [-0.25, -0.2) is 0 Å². The minimum absolute atomic E-state index is 0.00825. The van der Waals surface area contributed by atoms with E-state index in [0.29, 0.717) is 36.5 Å². The van der Waals surface area contributed by atoms with Gasteiger partial charge in [-0.1, -0.05) is 30.7 Å². The van der Waals surface area contributed by atoms with Crippen molar-refractivity contribution < 1.29 is 31.1 Å². The van der Waals surface area contributed by atoms with Crippen LogP contribution in [0.4, 0.5) is 26.3 Å². The Bertz CT molecular complexity index is 557. The first kappa shape index (κ1) is 23.3. The standard InChI is InChI=1S/C17H22F6OS2/c1-12-9-13(2)15(25-11-16(18,19)20)10-14(12)24-7-5-3-4-6-8-26-17(21,22)23/h9-10H,3-8,11H2,1-2H3. The van der Waals surface area contributed by atoms with Gasteiger partial charge in [-0.2, -0.15) is 26.3 Å². The lowest BCUT2D eigenvalue weighted by atomic mass is 10.1. The van der Waals surface area contributed by atoms with Gasteiger partial charge in [-0.15, -0.1) is 11.8 Å². The molecule has 0 amide bonds. The fraction of sp³-hybridized carbons (Fsp3) is 0.647. The summed E-state index contributed by atoms with van der Waals surface area (Å²) >= 11 is 0.724. The highest BCUT2D eigenvalue weighted by Gasteiger charge is 2.28. The van der Waals surface area contributed by atoms with Crippen molar-refractivity contribution in [1.82, 2.24) is 0 Å². The molecular formula is C17H22F6OS2. The molecule has 0 heterocycles. The number of benzene rings is 1. The molecule has 0 saturated heterocycles. The molecule has 0 saturated carbocycles. The van der Waals surface area contributed by atoms with Crippen molar-refractivity contribution >= 4 is 23.5 Å². The maximum absolute atomic E-state index is 12.4. The van der Waals surface area contributed by atoms with Gasteiger partial charge >= 0.3 is 11.7 Å². The van der Waals surface area contributed by atoms with Crippen LogP contribution in [0.5, 0.6) is 5.75 Å². The van der Waals surface area contributed by atoms with Crippen LogP contribution in [0.25, 0.3) is 0 Å². The number of rotatable bonds is 10. The third-order valence-electron chi connectivity index (χ3n) is 3.43. The largest absolute Gasteiger partial charge is 0.493 e. The summed E-state index contributed by atoms with van der Waals surface area (Å²) in [6, 6.07) is 3.42. The molecule has 1 aromatic carbocycles. The summed E-state index contributed by atoms with van der Waals surface area (Å²) < 4.78 is 78.7. The van der Waals surface area contributed by atoms with E-state index in [1.165, 1.54) is 0 Å². The fourth-order valence-electron chi connectivity index (χ4n) is 2.21. The van der Waals surface area contributed by atoms with E-state index in [0.717, 1.165) is 29.3 Å². The molecule has 0 unspecified atom stereocenters. The van der Waals surface area contributed by atoms with Crippen LogP contribution in [0.1, 0.15) is 36.8 Å². The summed E-state index contributed by atoms with van der Waals surface area (Å²) in [5.41, 5.74) is -2.56. The van der Waals surface area contributed by atoms with Crippen molar-refractivity contribution in [3.63, 3.8) is 0 Å². The summed E-state index contributed by atoms with van der Waals surface area (Å²) in [7, 11) is 0. The van der Waals surface area contributed by atoms with Gasteiger partial charge in [0.2, 0.25) is 0 Å². The van der Waals surface area contributed by atoms with Gasteiger partial charge in [0.15, 0.2) is 0 Å². The minimum Gasteiger partial charge on any atom is -0.493 e. The highest BCUT2D eigenvalue weighted by atomic mass is 32.2. The van der Waals surface area contributed by atoms with Crippen LogP contribution >= 0.6 is 23.5 Å². The molecule has 0 atom stereocenters. The average Bonchev–Trinajstić information content (AvgIpc) is 2.48. The van der Waals surface area contributed by atoms with Gasteiger partial charge in [-0.05, 0) is 43.9 Å². The Hall–Kier alpha value is -0.700. The molecule has 0 fully saturated rings. The van der Waals surface area contributed by atoms with Gasteiger partial charge in [0.25, 0.3) is 0 Å². The number of hydrogen-bond acceptors (Lipinski definition) is 3. The minimum atomic E-state index is -4.23. The highest BCUT2D eigenvalue weighted by Crippen LogP contribution is 2.34. The van der Waals surface area contributed by atoms with Crippen LogP contribution < -0.4 is 4.74 Å². The molecule has 0 aliphatic rings. The smallest absolute Gasteiger partial charge is 0.441 e. The predicted octanol–water partition coefficient (Wildman–Crippen LogP) is 7.15. The summed E-state index contributed by atoms with van der Waals surface area (Å²) in [4.78, 5) is 0.534. The summed E-state index contributed by atoms with van der Waals surface area (Å²) in [6.07, 6.45) is -1.61. The summed E-state index contributed by atoms with van der Waals surface area (Å²) in [5, 5.41) is 0. The third kappa shape index (κ3) is 10.4. The van der Waals surface area contributed by atoms with Gasteiger partial charge in [0.1, 0.15) is 5.75 Å². The highest BCUT2D eigenvalue weighted by molar-refractivity contribution is 8.00. The summed E-state index contributed by atoms with van der Waals surface area (Å²) in [5.74, 6) is -0.346. The molecule has 0 bridgehead atoms. The van der Waals surface area contributed by atoms with Crippen LogP contribution in [-0.4, -0.2) is 29.8 Å². The second-order valence-electron chi connectivity index (χ2n) is 5.84. The zero-order valence-corrected chi connectivity index (χ0v) is 16.2. The molecule has 1 nitrogen and oxygen atoms in total. The van der Waals surface area contributed by atoms with Crippen LogP contribution in [0.3, 0.4) is 0 Å². The van der Waals surface area contributed by atoms with E-state index in [-0.39, 0.29) is 17.5 Å². The number of halogens is 6. The average molecular weight is 420 g/mol. The molecule has 0 N–H and O–H groups in total. The molecule has 1 rings (SSSR count). The molecular weight excluding hydrogens is 398 g/mol. The zero-order valence-electron chi connectivity index (χ0n) is 14.6. The first-order chi connectivity index (χ1) is 12.0. The van der Waals surface area contributed by atoms with Crippen molar-refractivity contribution in [2.75, 3.05) is 18.1 Å². The van der Waals surface area contributed by atoms with Crippen LogP contribution in [0, 0.1) is 13.8 Å². The van der Waals surface area contributed by atoms with E-state index >= 15 is 0 Å². The number of alkyl halides is 6. The van der Waals surface area contributed by atoms with Crippen LogP contribution in [0.15, 0.2) is 17.0 Å². The Labute approximate surface area is 158 Å². The van der Waals surface area contributed by atoms with Crippen molar-refractivity contribution in [1.29, 1.82) is 0 Å². The lowest BCUT2D eigenvalue weighted by Gasteiger charge is -2.14. The molecule has 26 heavy (non-hydrogen) atoms. The molecule has 150 valence electrons. The molecule has 0 spiro atoms. The summed E-state index contributed by atoms with van der Waals surface area (Å²) in [6.45, 7) is 3.98. The third-order valence-corrected chi connectivity index (χ3v) is 5.47. The number of hydrogen-bond donors (Lipinski definition) is 0. The van der Waals surface area contributed by atoms with Gasteiger partial charge in [-0.3, -0.25) is 0 Å². The monoisotopic (exact) mass is 420 g/mol. The van der Waals surface area contributed by atoms with Gasteiger partial charge < -0.3 is 4.74 Å². The Kier molecular flexibility index (Phi) is 9.50. The molecule has 0 aromatic heterocycles. The van der Waals surface area contributed by atoms with Crippen molar-refractivity contribution in [3.8, 4) is 5.75 Å². The lowest BCUT2D eigenvalue weighted by Crippen LogP contribution is -2.10. The Morgan fingerprint density at radius 2 is 1.54 bits per heavy atom. The molecule has 0 aliphatic carbocycles. The number of thioether (sulfide) groups is 2. The van der Waals surface area contributed by atoms with E-state index in [2.05, 4.69) is 0 Å². The van der Waals surface area contributed by atoms with Crippen LogP contribution in [-0.2, 0) is 0 Å². The number of unbranched alkanes of at least 4 members (excludes halogenated alkanes) is 3. The first-order valence-electron chi connectivity index (χ1n) is 8.12. The zero-order chi connectivity index (χ0) is 19.8. The van der Waals surface area contributed by atoms with Crippen molar-refractivity contribution in [3.05, 3.63) is 23.3 Å². The maximum atomic E-state index is 12.4. The van der Waals surface area contributed by atoms with Crippen molar-refractivity contribution in [2.45, 2.75) is 56.1 Å². The second kappa shape index (κ2) is 10.6. The second-order valence-corrected chi connectivity index (χ2v) is 8.02. The molecule has 0 aliphatic heterocycles. The predicted molar refractivity (Wildman–Crippen MR) is 95.2 cm³/mol.